The Kier molecular flexibility index (Phi) is 5.17. The molecular formula is C21H21N3O2. The van der Waals surface area contributed by atoms with Gasteiger partial charge in [-0.1, -0.05) is 35.5 Å². The maximum absolute atomic E-state index is 11.8. The van der Waals surface area contributed by atoms with Gasteiger partial charge in [0.25, 0.3) is 0 Å². The van der Waals surface area contributed by atoms with Crippen molar-refractivity contribution in [3.63, 3.8) is 0 Å². The maximum atomic E-state index is 11.8. The van der Waals surface area contributed by atoms with E-state index in [9.17, 15) is 4.79 Å². The average Bonchev–Trinajstić information content (AvgIpc) is 2.99. The Bertz CT molecular complexity index is 906. The van der Waals surface area contributed by atoms with Crippen LogP contribution in [0.15, 0.2) is 71.9 Å². The van der Waals surface area contributed by atoms with Gasteiger partial charge in [-0.15, -0.1) is 0 Å². The van der Waals surface area contributed by atoms with Crippen LogP contribution in [-0.2, 0) is 4.84 Å². The predicted molar refractivity (Wildman–Crippen MR) is 104 cm³/mol. The summed E-state index contributed by atoms with van der Waals surface area (Å²) in [4.78, 5) is 16.7. The Labute approximate surface area is 152 Å². The molecule has 0 aliphatic carbocycles. The SMILES string of the molecule is CC(=NOC(=O)Nc1ccccc1)c1ccc(-n2c(C)ccc2C)cc1. The number of carbonyl (C=O) groups is 1. The van der Waals surface area contributed by atoms with Crippen molar-refractivity contribution in [2.45, 2.75) is 20.8 Å². The van der Waals surface area contributed by atoms with Crippen molar-refractivity contribution in [1.29, 1.82) is 0 Å². The van der Waals surface area contributed by atoms with Gasteiger partial charge >= 0.3 is 6.09 Å². The number of nitrogens with zero attached hydrogens (tertiary/aromatic N) is 2. The highest BCUT2D eigenvalue weighted by Gasteiger charge is 2.06. The number of benzene rings is 2. The Morgan fingerprint density at radius 3 is 2.15 bits per heavy atom. The summed E-state index contributed by atoms with van der Waals surface area (Å²) in [5.74, 6) is 0. The lowest BCUT2D eigenvalue weighted by Crippen LogP contribution is -2.11. The van der Waals surface area contributed by atoms with E-state index in [4.69, 9.17) is 4.84 Å². The molecule has 0 spiro atoms. The highest BCUT2D eigenvalue weighted by Crippen LogP contribution is 2.17. The molecule has 0 saturated carbocycles. The molecule has 0 atom stereocenters. The van der Waals surface area contributed by atoms with E-state index in [2.05, 4.69) is 41.0 Å². The lowest BCUT2D eigenvalue weighted by molar-refractivity contribution is 0.166. The summed E-state index contributed by atoms with van der Waals surface area (Å²) < 4.78 is 2.18. The summed E-state index contributed by atoms with van der Waals surface area (Å²) in [7, 11) is 0. The summed E-state index contributed by atoms with van der Waals surface area (Å²) in [6.45, 7) is 5.95. The molecule has 0 unspecified atom stereocenters. The van der Waals surface area contributed by atoms with Gasteiger partial charge in [-0.3, -0.25) is 10.2 Å². The second kappa shape index (κ2) is 7.70. The molecule has 1 amide bonds. The summed E-state index contributed by atoms with van der Waals surface area (Å²) in [6.07, 6.45) is -0.620. The Morgan fingerprint density at radius 2 is 1.54 bits per heavy atom. The molecule has 0 fully saturated rings. The average molecular weight is 347 g/mol. The van der Waals surface area contributed by atoms with Crippen molar-refractivity contribution in [3.05, 3.63) is 83.7 Å². The lowest BCUT2D eigenvalue weighted by Gasteiger charge is -2.10. The number of hydrogen-bond donors (Lipinski definition) is 1. The lowest BCUT2D eigenvalue weighted by atomic mass is 10.1. The van der Waals surface area contributed by atoms with E-state index in [-0.39, 0.29) is 0 Å². The van der Waals surface area contributed by atoms with Crippen LogP contribution in [0, 0.1) is 13.8 Å². The number of aromatic nitrogens is 1. The fraction of sp³-hybridized carbons (Fsp3) is 0.143. The highest BCUT2D eigenvalue weighted by molar-refractivity contribution is 5.99. The van der Waals surface area contributed by atoms with Crippen LogP contribution in [0.2, 0.25) is 0 Å². The van der Waals surface area contributed by atoms with Gasteiger partial charge in [-0.05, 0) is 62.7 Å². The van der Waals surface area contributed by atoms with Gasteiger partial charge in [0.05, 0.1) is 5.71 Å². The van der Waals surface area contributed by atoms with Crippen LogP contribution in [0.3, 0.4) is 0 Å². The molecule has 1 aromatic heterocycles. The first kappa shape index (κ1) is 17.5. The normalized spacial score (nSPS) is 11.3. The molecule has 3 rings (SSSR count). The van der Waals surface area contributed by atoms with Gasteiger partial charge in [0, 0.05) is 22.8 Å². The molecule has 132 valence electrons. The number of amides is 1. The van der Waals surface area contributed by atoms with Crippen LogP contribution in [0.4, 0.5) is 10.5 Å². The maximum Gasteiger partial charge on any atom is 0.437 e. The van der Waals surface area contributed by atoms with Crippen LogP contribution in [-0.4, -0.2) is 16.4 Å². The zero-order valence-electron chi connectivity index (χ0n) is 15.1. The fourth-order valence-corrected chi connectivity index (χ4v) is 2.75. The largest absolute Gasteiger partial charge is 0.437 e. The summed E-state index contributed by atoms with van der Waals surface area (Å²) in [6, 6.07) is 21.3. The minimum Gasteiger partial charge on any atom is -0.319 e. The van der Waals surface area contributed by atoms with Gasteiger partial charge in [-0.2, -0.15) is 0 Å². The van der Waals surface area contributed by atoms with Crippen LogP contribution >= 0.6 is 0 Å². The molecule has 5 heteroatoms. The molecule has 0 aliphatic heterocycles. The van der Waals surface area contributed by atoms with E-state index >= 15 is 0 Å². The predicted octanol–water partition coefficient (Wildman–Crippen LogP) is 5.07. The number of aryl methyl sites for hydroxylation is 2. The highest BCUT2D eigenvalue weighted by atomic mass is 16.7. The van der Waals surface area contributed by atoms with Crippen molar-refractivity contribution >= 4 is 17.5 Å². The van der Waals surface area contributed by atoms with E-state index in [1.165, 1.54) is 11.4 Å². The second-order valence-corrected chi connectivity index (χ2v) is 6.04. The molecule has 1 heterocycles. The third-order valence-corrected chi connectivity index (χ3v) is 4.10. The third kappa shape index (κ3) is 4.00. The van der Waals surface area contributed by atoms with Crippen molar-refractivity contribution in [2.75, 3.05) is 5.32 Å². The number of oxime groups is 1. The van der Waals surface area contributed by atoms with Gasteiger partial charge in [-0.25, -0.2) is 4.79 Å². The van der Waals surface area contributed by atoms with Crippen LogP contribution in [0.5, 0.6) is 0 Å². The standard InChI is InChI=1S/C21H21N3O2/c1-15-9-10-16(2)24(15)20-13-11-18(12-14-20)17(3)23-26-21(25)22-19-7-5-4-6-8-19/h4-14H,1-3H3,(H,22,25). The molecule has 0 aliphatic rings. The van der Waals surface area contributed by atoms with Crippen LogP contribution in [0.25, 0.3) is 5.69 Å². The van der Waals surface area contributed by atoms with Gasteiger partial charge < -0.3 is 4.57 Å². The molecular weight excluding hydrogens is 326 g/mol. The van der Waals surface area contributed by atoms with E-state index in [1.807, 2.05) is 42.5 Å². The second-order valence-electron chi connectivity index (χ2n) is 6.04. The molecule has 26 heavy (non-hydrogen) atoms. The molecule has 3 aromatic rings. The molecule has 0 saturated heterocycles. The Morgan fingerprint density at radius 1 is 0.923 bits per heavy atom. The smallest absolute Gasteiger partial charge is 0.319 e. The zero-order chi connectivity index (χ0) is 18.5. The first-order chi connectivity index (χ1) is 12.5. The summed E-state index contributed by atoms with van der Waals surface area (Å²) in [5, 5.41) is 6.53. The number of para-hydroxylation sites is 1. The van der Waals surface area contributed by atoms with Crippen LogP contribution in [0.1, 0.15) is 23.9 Å². The number of nitrogens with one attached hydrogen (secondary N) is 1. The van der Waals surface area contributed by atoms with E-state index in [0.717, 1.165) is 11.3 Å². The van der Waals surface area contributed by atoms with Crippen molar-refractivity contribution in [2.24, 2.45) is 5.16 Å². The molecule has 2 aromatic carbocycles. The topological polar surface area (TPSA) is 55.6 Å². The fourth-order valence-electron chi connectivity index (χ4n) is 2.75. The number of anilines is 1. The summed E-state index contributed by atoms with van der Waals surface area (Å²) in [5.41, 5.74) is 5.63. The van der Waals surface area contributed by atoms with E-state index in [1.54, 1.807) is 19.1 Å². The van der Waals surface area contributed by atoms with Crippen molar-refractivity contribution in [1.82, 2.24) is 4.57 Å². The molecule has 5 nitrogen and oxygen atoms in total. The van der Waals surface area contributed by atoms with Gasteiger partial charge in [0.2, 0.25) is 0 Å². The zero-order valence-corrected chi connectivity index (χ0v) is 15.1. The molecule has 1 N–H and O–H groups in total. The minimum atomic E-state index is -0.620. The van der Waals surface area contributed by atoms with E-state index < -0.39 is 6.09 Å². The van der Waals surface area contributed by atoms with Gasteiger partial charge in [0.15, 0.2) is 0 Å². The Hall–Kier alpha value is -3.34. The number of hydrogen-bond acceptors (Lipinski definition) is 3. The number of carbonyl (C=O) groups excluding carboxylic acids is 1. The molecule has 0 bridgehead atoms. The minimum absolute atomic E-state index is 0.620. The summed E-state index contributed by atoms with van der Waals surface area (Å²) >= 11 is 0. The van der Waals surface area contributed by atoms with Crippen LogP contribution < -0.4 is 5.32 Å². The first-order valence-electron chi connectivity index (χ1n) is 8.38. The van der Waals surface area contributed by atoms with Gasteiger partial charge in [0.1, 0.15) is 0 Å². The quantitative estimate of drug-likeness (QED) is 0.407. The van der Waals surface area contributed by atoms with E-state index in [0.29, 0.717) is 11.4 Å². The van der Waals surface area contributed by atoms with Crippen molar-refractivity contribution in [3.8, 4) is 5.69 Å². The monoisotopic (exact) mass is 347 g/mol. The third-order valence-electron chi connectivity index (χ3n) is 4.10. The Balaban J connectivity index is 1.67. The van der Waals surface area contributed by atoms with Crippen molar-refractivity contribution < 1.29 is 9.63 Å². The first-order valence-corrected chi connectivity index (χ1v) is 8.38. The number of rotatable bonds is 4. The molecule has 0 radical (unpaired) electrons.